The van der Waals surface area contributed by atoms with E-state index in [4.69, 9.17) is 16.3 Å². The maximum Gasteiger partial charge on any atom is 0.234 e. The van der Waals surface area contributed by atoms with Gasteiger partial charge < -0.3 is 20.3 Å². The van der Waals surface area contributed by atoms with Crippen LogP contribution >= 0.6 is 11.6 Å². The van der Waals surface area contributed by atoms with E-state index in [2.05, 4.69) is 27.5 Å². The van der Waals surface area contributed by atoms with E-state index in [1.807, 2.05) is 30.3 Å². The van der Waals surface area contributed by atoms with Crippen LogP contribution in [0.3, 0.4) is 0 Å². The van der Waals surface area contributed by atoms with Crippen molar-refractivity contribution in [1.82, 2.24) is 15.1 Å². The smallest absolute Gasteiger partial charge is 0.234 e. The summed E-state index contributed by atoms with van der Waals surface area (Å²) in [7, 11) is 2.11. The van der Waals surface area contributed by atoms with Crippen LogP contribution in [0.1, 0.15) is 5.56 Å². The number of carbonyl (C=O) groups excluding carboxylic acids is 1. The van der Waals surface area contributed by atoms with Gasteiger partial charge in [-0.1, -0.05) is 17.7 Å². The van der Waals surface area contributed by atoms with Gasteiger partial charge in [-0.25, -0.2) is 0 Å². The number of hydrogen-bond acceptors (Lipinski definition) is 5. The maximum absolute atomic E-state index is 12.2. The number of hydrogen-bond donors (Lipinski definition) is 2. The molecule has 2 heterocycles. The third-order valence-electron chi connectivity index (χ3n) is 4.93. The lowest BCUT2D eigenvalue weighted by molar-refractivity contribution is -0.122. The van der Waals surface area contributed by atoms with Crippen molar-refractivity contribution in [2.45, 2.75) is 6.54 Å². The molecule has 0 unspecified atom stereocenters. The molecule has 0 bridgehead atoms. The number of benzene rings is 2. The van der Waals surface area contributed by atoms with Crippen molar-refractivity contribution in [3.8, 4) is 11.5 Å². The Labute approximate surface area is 164 Å². The highest BCUT2D eigenvalue weighted by Crippen LogP contribution is 2.43. The van der Waals surface area contributed by atoms with Crippen LogP contribution in [-0.2, 0) is 11.3 Å². The fourth-order valence-corrected chi connectivity index (χ4v) is 3.44. The second-order valence-corrected chi connectivity index (χ2v) is 7.49. The maximum atomic E-state index is 12.2. The number of halogens is 1. The topological polar surface area (TPSA) is 56.8 Å². The number of piperazine rings is 1. The highest BCUT2D eigenvalue weighted by Gasteiger charge is 2.18. The first-order valence-electron chi connectivity index (χ1n) is 9.12. The van der Waals surface area contributed by atoms with E-state index in [0.717, 1.165) is 48.9 Å². The Morgan fingerprint density at radius 1 is 1.11 bits per heavy atom. The number of ether oxygens (including phenoxy) is 1. The number of nitrogens with one attached hydrogen (secondary N) is 2. The molecule has 1 amide bonds. The van der Waals surface area contributed by atoms with Crippen molar-refractivity contribution in [2.24, 2.45) is 0 Å². The molecule has 2 aromatic rings. The van der Waals surface area contributed by atoms with E-state index >= 15 is 0 Å². The molecule has 0 atom stereocenters. The quantitative estimate of drug-likeness (QED) is 0.721. The second-order valence-electron chi connectivity index (χ2n) is 7.05. The average molecular weight is 387 g/mol. The van der Waals surface area contributed by atoms with Crippen LogP contribution in [-0.4, -0.2) is 55.5 Å². The number of likely N-dealkylation sites (N-methyl/N-ethyl adjacent to an activating group) is 1. The summed E-state index contributed by atoms with van der Waals surface area (Å²) in [6, 6.07) is 11.4. The molecule has 4 rings (SSSR count). The Morgan fingerprint density at radius 2 is 1.81 bits per heavy atom. The lowest BCUT2D eigenvalue weighted by Gasteiger charge is -2.31. The van der Waals surface area contributed by atoms with Gasteiger partial charge in [0.25, 0.3) is 0 Å². The lowest BCUT2D eigenvalue weighted by atomic mass is 10.1. The fraction of sp³-hybridized carbons (Fsp3) is 0.350. The summed E-state index contributed by atoms with van der Waals surface area (Å²) in [5.74, 6) is 1.48. The lowest BCUT2D eigenvalue weighted by Crippen LogP contribution is -2.48. The predicted octanol–water partition coefficient (Wildman–Crippen LogP) is 3.05. The summed E-state index contributed by atoms with van der Waals surface area (Å²) in [5, 5.41) is 6.97. The van der Waals surface area contributed by atoms with E-state index in [9.17, 15) is 4.79 Å². The summed E-state index contributed by atoms with van der Waals surface area (Å²) >= 11 is 6.05. The molecule has 1 fully saturated rings. The van der Waals surface area contributed by atoms with Crippen molar-refractivity contribution >= 4 is 28.9 Å². The fourth-order valence-electron chi connectivity index (χ4n) is 3.28. The SMILES string of the molecule is CN1CCN(CC(=O)NCc2ccc3c(c2)Oc2cc(Cl)ccc2N3)CC1. The highest BCUT2D eigenvalue weighted by molar-refractivity contribution is 6.30. The van der Waals surface area contributed by atoms with E-state index in [1.54, 1.807) is 6.07 Å². The molecule has 1 saturated heterocycles. The molecule has 142 valence electrons. The van der Waals surface area contributed by atoms with Crippen molar-refractivity contribution in [3.63, 3.8) is 0 Å². The molecule has 0 saturated carbocycles. The molecule has 6 nitrogen and oxygen atoms in total. The van der Waals surface area contributed by atoms with E-state index in [-0.39, 0.29) is 5.91 Å². The number of anilines is 2. The van der Waals surface area contributed by atoms with Gasteiger partial charge in [0.15, 0.2) is 11.5 Å². The molecule has 2 aliphatic rings. The molecular weight excluding hydrogens is 364 g/mol. The number of nitrogens with zero attached hydrogens (tertiary/aromatic N) is 2. The summed E-state index contributed by atoms with van der Waals surface area (Å²) in [4.78, 5) is 16.7. The molecule has 27 heavy (non-hydrogen) atoms. The number of carbonyl (C=O) groups is 1. The summed E-state index contributed by atoms with van der Waals surface area (Å²) in [6.07, 6.45) is 0. The van der Waals surface area contributed by atoms with Gasteiger partial charge in [-0.2, -0.15) is 0 Å². The van der Waals surface area contributed by atoms with Crippen LogP contribution < -0.4 is 15.4 Å². The highest BCUT2D eigenvalue weighted by atomic mass is 35.5. The van der Waals surface area contributed by atoms with Crippen LogP contribution in [0.4, 0.5) is 11.4 Å². The van der Waals surface area contributed by atoms with Crippen molar-refractivity contribution < 1.29 is 9.53 Å². The summed E-state index contributed by atoms with van der Waals surface area (Å²) < 4.78 is 5.96. The Balaban J connectivity index is 1.34. The zero-order valence-corrected chi connectivity index (χ0v) is 16.1. The monoisotopic (exact) mass is 386 g/mol. The molecule has 0 radical (unpaired) electrons. The normalized spacial score (nSPS) is 16.7. The Bertz CT molecular complexity index is 850. The molecule has 2 aromatic carbocycles. The number of fused-ring (bicyclic) bond motifs is 2. The minimum Gasteiger partial charge on any atom is -0.453 e. The Hall–Kier alpha value is -2.28. The zero-order chi connectivity index (χ0) is 18.8. The standard InChI is InChI=1S/C20H23ClN4O2/c1-24-6-8-25(9-7-24)13-20(26)22-12-14-2-4-16-18(10-14)27-19-11-15(21)3-5-17(19)23-16/h2-5,10-11,23H,6-9,12-13H2,1H3,(H,22,26). The van der Waals surface area contributed by atoms with Crippen molar-refractivity contribution in [2.75, 3.05) is 45.1 Å². The Morgan fingerprint density at radius 3 is 2.59 bits per heavy atom. The molecule has 0 spiro atoms. The molecular formula is C20H23ClN4O2. The molecule has 0 aromatic heterocycles. The van der Waals surface area contributed by atoms with Crippen molar-refractivity contribution in [3.05, 3.63) is 47.0 Å². The van der Waals surface area contributed by atoms with Gasteiger partial charge in [0.05, 0.1) is 17.9 Å². The van der Waals surface area contributed by atoms with Gasteiger partial charge in [0.1, 0.15) is 0 Å². The molecule has 0 aliphatic carbocycles. The van der Waals surface area contributed by atoms with E-state index < -0.39 is 0 Å². The Kier molecular flexibility index (Phi) is 5.20. The van der Waals surface area contributed by atoms with Crippen LogP contribution in [0.2, 0.25) is 5.02 Å². The van der Waals surface area contributed by atoms with Crippen LogP contribution in [0.15, 0.2) is 36.4 Å². The largest absolute Gasteiger partial charge is 0.453 e. The first-order chi connectivity index (χ1) is 13.1. The van der Waals surface area contributed by atoms with E-state index in [0.29, 0.717) is 23.9 Å². The first kappa shape index (κ1) is 18.1. The van der Waals surface area contributed by atoms with Crippen LogP contribution in [0.5, 0.6) is 11.5 Å². The molecule has 7 heteroatoms. The third-order valence-corrected chi connectivity index (χ3v) is 5.17. The van der Waals surface area contributed by atoms with Gasteiger partial charge >= 0.3 is 0 Å². The van der Waals surface area contributed by atoms with Crippen LogP contribution in [0.25, 0.3) is 0 Å². The van der Waals surface area contributed by atoms with E-state index in [1.165, 1.54) is 0 Å². The minimum atomic E-state index is 0.0495. The van der Waals surface area contributed by atoms with Gasteiger partial charge in [0, 0.05) is 43.8 Å². The first-order valence-corrected chi connectivity index (χ1v) is 9.49. The zero-order valence-electron chi connectivity index (χ0n) is 15.3. The second kappa shape index (κ2) is 7.76. The number of rotatable bonds is 4. The summed E-state index contributed by atoms with van der Waals surface area (Å²) in [6.45, 7) is 4.81. The molecule has 2 N–H and O–H groups in total. The van der Waals surface area contributed by atoms with Gasteiger partial charge in [-0.15, -0.1) is 0 Å². The van der Waals surface area contributed by atoms with Crippen LogP contribution in [0, 0.1) is 0 Å². The average Bonchev–Trinajstić information content (AvgIpc) is 2.66. The van der Waals surface area contributed by atoms with Crippen molar-refractivity contribution in [1.29, 1.82) is 0 Å². The van der Waals surface area contributed by atoms with Gasteiger partial charge in [-0.3, -0.25) is 9.69 Å². The van der Waals surface area contributed by atoms with Gasteiger partial charge in [-0.05, 0) is 36.9 Å². The number of amides is 1. The predicted molar refractivity (Wildman–Crippen MR) is 107 cm³/mol. The van der Waals surface area contributed by atoms with Gasteiger partial charge in [0.2, 0.25) is 5.91 Å². The molecule has 2 aliphatic heterocycles. The third kappa shape index (κ3) is 4.35. The summed E-state index contributed by atoms with van der Waals surface area (Å²) in [5.41, 5.74) is 2.78. The minimum absolute atomic E-state index is 0.0495.